The van der Waals surface area contributed by atoms with Gasteiger partial charge in [-0.1, -0.05) is 0 Å². The summed E-state index contributed by atoms with van der Waals surface area (Å²) in [6.45, 7) is 0. The van der Waals surface area contributed by atoms with Crippen molar-refractivity contribution >= 4 is 11.9 Å². The van der Waals surface area contributed by atoms with Gasteiger partial charge in [0, 0.05) is 5.56 Å². The fourth-order valence-corrected chi connectivity index (χ4v) is 1.14. The van der Waals surface area contributed by atoms with Crippen LogP contribution in [0.5, 0.6) is 0 Å². The predicted octanol–water partition coefficient (Wildman–Crippen LogP) is 0.929. The maximum Gasteiger partial charge on any atom is 0.258 e. The van der Waals surface area contributed by atoms with Gasteiger partial charge in [-0.15, -0.1) is 0 Å². The van der Waals surface area contributed by atoms with Gasteiger partial charge in [0.2, 0.25) is 5.95 Å². The molecule has 0 fully saturated rings. The number of rotatable bonds is 2. The second kappa shape index (κ2) is 4.23. The molecular formula is C10H7N5O. The van der Waals surface area contributed by atoms with Crippen LogP contribution in [0, 0.1) is 11.3 Å². The van der Waals surface area contributed by atoms with E-state index in [4.69, 9.17) is 5.26 Å². The highest BCUT2D eigenvalue weighted by Gasteiger charge is 2.06. The number of anilines is 1. The van der Waals surface area contributed by atoms with Crippen LogP contribution in [0.4, 0.5) is 5.95 Å². The zero-order valence-corrected chi connectivity index (χ0v) is 8.14. The Morgan fingerprint density at radius 2 is 2.12 bits per heavy atom. The highest BCUT2D eigenvalue weighted by molar-refractivity contribution is 6.03. The number of nitrogens with one attached hydrogen (secondary N) is 2. The van der Waals surface area contributed by atoms with E-state index in [9.17, 15) is 4.79 Å². The molecule has 2 N–H and O–H groups in total. The van der Waals surface area contributed by atoms with Crippen LogP contribution in [-0.4, -0.2) is 21.1 Å². The molecule has 0 saturated carbocycles. The molecule has 2 rings (SSSR count). The van der Waals surface area contributed by atoms with Crippen molar-refractivity contribution in [3.63, 3.8) is 0 Å². The van der Waals surface area contributed by atoms with Crippen molar-refractivity contribution in [1.82, 2.24) is 15.2 Å². The van der Waals surface area contributed by atoms with E-state index in [1.165, 1.54) is 6.33 Å². The largest absolute Gasteiger partial charge is 0.291 e. The second-order valence-electron chi connectivity index (χ2n) is 2.98. The molecular weight excluding hydrogens is 206 g/mol. The number of aromatic nitrogens is 3. The average Bonchev–Trinajstić information content (AvgIpc) is 2.82. The second-order valence-corrected chi connectivity index (χ2v) is 2.98. The highest BCUT2D eigenvalue weighted by atomic mass is 16.1. The molecule has 0 aliphatic rings. The Labute approximate surface area is 90.9 Å². The number of nitrogens with zero attached hydrogens (tertiary/aromatic N) is 3. The van der Waals surface area contributed by atoms with Crippen LogP contribution in [-0.2, 0) is 0 Å². The highest BCUT2D eigenvalue weighted by Crippen LogP contribution is 2.05. The average molecular weight is 213 g/mol. The van der Waals surface area contributed by atoms with Crippen molar-refractivity contribution in [2.75, 3.05) is 5.32 Å². The third kappa shape index (κ3) is 2.04. The maximum atomic E-state index is 11.6. The normalized spacial score (nSPS) is 9.44. The molecule has 2 aromatic rings. The molecule has 78 valence electrons. The number of amides is 1. The fraction of sp³-hybridized carbons (Fsp3) is 0. The van der Waals surface area contributed by atoms with E-state index in [0.29, 0.717) is 11.1 Å². The number of H-pyrrole nitrogens is 1. The van der Waals surface area contributed by atoms with Gasteiger partial charge >= 0.3 is 0 Å². The summed E-state index contributed by atoms with van der Waals surface area (Å²) in [6.07, 6.45) is 1.30. The lowest BCUT2D eigenvalue weighted by atomic mass is 10.1. The Morgan fingerprint density at radius 3 is 2.69 bits per heavy atom. The first-order chi connectivity index (χ1) is 7.79. The predicted molar refractivity (Wildman–Crippen MR) is 55.5 cm³/mol. The third-order valence-corrected chi connectivity index (χ3v) is 1.92. The molecule has 0 aliphatic heterocycles. The smallest absolute Gasteiger partial charge is 0.258 e. The summed E-state index contributed by atoms with van der Waals surface area (Å²) in [4.78, 5) is 15.4. The SMILES string of the molecule is N#Cc1ccc(C(=O)Nc2ncn[nH]2)cc1. The third-order valence-electron chi connectivity index (χ3n) is 1.92. The lowest BCUT2D eigenvalue weighted by molar-refractivity contribution is 0.102. The zero-order chi connectivity index (χ0) is 11.4. The zero-order valence-electron chi connectivity index (χ0n) is 8.14. The van der Waals surface area contributed by atoms with Gasteiger partial charge in [-0.25, -0.2) is 5.10 Å². The van der Waals surface area contributed by atoms with E-state index < -0.39 is 0 Å². The first-order valence-electron chi connectivity index (χ1n) is 4.46. The number of benzene rings is 1. The van der Waals surface area contributed by atoms with E-state index in [-0.39, 0.29) is 11.9 Å². The Morgan fingerprint density at radius 1 is 1.38 bits per heavy atom. The molecule has 0 radical (unpaired) electrons. The number of hydrogen-bond donors (Lipinski definition) is 2. The summed E-state index contributed by atoms with van der Waals surface area (Å²) in [5, 5.41) is 17.2. The Hall–Kier alpha value is -2.68. The summed E-state index contributed by atoms with van der Waals surface area (Å²) in [6, 6.07) is 8.28. The minimum absolute atomic E-state index is 0.286. The van der Waals surface area contributed by atoms with Crippen molar-refractivity contribution in [2.45, 2.75) is 0 Å². The summed E-state index contributed by atoms with van der Waals surface area (Å²) in [5.41, 5.74) is 0.964. The molecule has 0 saturated heterocycles. The molecule has 6 heteroatoms. The van der Waals surface area contributed by atoms with Crippen LogP contribution >= 0.6 is 0 Å². The Kier molecular flexibility index (Phi) is 2.61. The van der Waals surface area contributed by atoms with Crippen LogP contribution < -0.4 is 5.32 Å². The molecule has 1 heterocycles. The molecule has 1 aromatic heterocycles. The molecule has 0 atom stereocenters. The van der Waals surface area contributed by atoms with Crippen molar-refractivity contribution < 1.29 is 4.79 Å². The van der Waals surface area contributed by atoms with E-state index in [1.54, 1.807) is 24.3 Å². The molecule has 1 aromatic carbocycles. The molecule has 0 aliphatic carbocycles. The van der Waals surface area contributed by atoms with Crippen molar-refractivity contribution in [1.29, 1.82) is 5.26 Å². The van der Waals surface area contributed by atoms with Crippen molar-refractivity contribution in [3.8, 4) is 6.07 Å². The molecule has 6 nitrogen and oxygen atoms in total. The molecule has 0 unspecified atom stereocenters. The molecule has 0 bridgehead atoms. The van der Waals surface area contributed by atoms with Crippen molar-refractivity contribution in [2.24, 2.45) is 0 Å². The van der Waals surface area contributed by atoms with Gasteiger partial charge in [-0.3, -0.25) is 10.1 Å². The van der Waals surface area contributed by atoms with Gasteiger partial charge < -0.3 is 0 Å². The minimum atomic E-state index is -0.304. The lowest BCUT2D eigenvalue weighted by Crippen LogP contribution is -2.12. The first kappa shape index (κ1) is 9.86. The van der Waals surface area contributed by atoms with Crippen LogP contribution in [0.1, 0.15) is 15.9 Å². The summed E-state index contributed by atoms with van der Waals surface area (Å²) < 4.78 is 0. The standard InChI is InChI=1S/C10H7N5O/c11-5-7-1-3-8(4-2-7)9(16)14-10-12-6-13-15-10/h1-4,6H,(H2,12,13,14,15,16). The summed E-state index contributed by atoms with van der Waals surface area (Å²) in [7, 11) is 0. The van der Waals surface area contributed by atoms with Gasteiger partial charge in [0.05, 0.1) is 11.6 Å². The van der Waals surface area contributed by atoms with Gasteiger partial charge in [0.15, 0.2) is 0 Å². The quantitative estimate of drug-likeness (QED) is 0.775. The van der Waals surface area contributed by atoms with E-state index in [2.05, 4.69) is 20.5 Å². The molecule has 0 spiro atoms. The monoisotopic (exact) mass is 213 g/mol. The van der Waals surface area contributed by atoms with Crippen LogP contribution in [0.25, 0.3) is 0 Å². The van der Waals surface area contributed by atoms with Crippen LogP contribution in [0.3, 0.4) is 0 Å². The number of carbonyl (C=O) groups is 1. The van der Waals surface area contributed by atoms with Crippen LogP contribution in [0.15, 0.2) is 30.6 Å². The fourth-order valence-electron chi connectivity index (χ4n) is 1.14. The lowest BCUT2D eigenvalue weighted by Gasteiger charge is -2.00. The van der Waals surface area contributed by atoms with Gasteiger partial charge in [0.1, 0.15) is 6.33 Å². The molecule has 1 amide bonds. The number of carbonyl (C=O) groups excluding carboxylic acids is 1. The van der Waals surface area contributed by atoms with E-state index >= 15 is 0 Å². The number of hydrogen-bond acceptors (Lipinski definition) is 4. The van der Waals surface area contributed by atoms with Gasteiger partial charge in [0.25, 0.3) is 5.91 Å². The Bertz CT molecular complexity index is 523. The summed E-state index contributed by atoms with van der Waals surface area (Å²) >= 11 is 0. The molecule has 16 heavy (non-hydrogen) atoms. The summed E-state index contributed by atoms with van der Waals surface area (Å²) in [5.74, 6) is -0.0180. The Balaban J connectivity index is 2.12. The maximum absolute atomic E-state index is 11.6. The first-order valence-corrected chi connectivity index (χ1v) is 4.46. The van der Waals surface area contributed by atoms with Gasteiger partial charge in [-0.2, -0.15) is 15.3 Å². The van der Waals surface area contributed by atoms with Crippen molar-refractivity contribution in [3.05, 3.63) is 41.7 Å². The number of aromatic amines is 1. The van der Waals surface area contributed by atoms with Crippen LogP contribution in [0.2, 0.25) is 0 Å². The number of nitriles is 1. The topological polar surface area (TPSA) is 94.5 Å². The minimum Gasteiger partial charge on any atom is -0.291 e. The van der Waals surface area contributed by atoms with Gasteiger partial charge in [-0.05, 0) is 24.3 Å². The van der Waals surface area contributed by atoms with E-state index in [0.717, 1.165) is 0 Å². The van der Waals surface area contributed by atoms with E-state index in [1.807, 2.05) is 6.07 Å².